The van der Waals surface area contributed by atoms with Gasteiger partial charge in [-0.1, -0.05) is 24.3 Å². The first kappa shape index (κ1) is 26.9. The van der Waals surface area contributed by atoms with Gasteiger partial charge in [-0.3, -0.25) is 9.69 Å². The highest BCUT2D eigenvalue weighted by molar-refractivity contribution is 14.0. The van der Waals surface area contributed by atoms with Crippen molar-refractivity contribution in [1.82, 2.24) is 15.1 Å². The van der Waals surface area contributed by atoms with E-state index in [0.717, 1.165) is 70.9 Å². The number of piperidine rings is 2. The molecule has 0 saturated carbocycles. The smallest absolute Gasteiger partial charge is 0.309 e. The highest BCUT2D eigenvalue weighted by Gasteiger charge is 2.27. The van der Waals surface area contributed by atoms with Gasteiger partial charge >= 0.3 is 5.97 Å². The number of rotatable bonds is 7. The van der Waals surface area contributed by atoms with Crippen molar-refractivity contribution in [3.63, 3.8) is 0 Å². The predicted octanol–water partition coefficient (Wildman–Crippen LogP) is 3.00. The Morgan fingerprint density at radius 1 is 1.06 bits per heavy atom. The number of ether oxygens (including phenoxy) is 1. The van der Waals surface area contributed by atoms with Crippen LogP contribution in [0.5, 0.6) is 0 Å². The Morgan fingerprint density at radius 2 is 1.69 bits per heavy atom. The molecule has 2 heterocycles. The number of esters is 1. The lowest BCUT2D eigenvalue weighted by Gasteiger charge is -2.33. The number of likely N-dealkylation sites (tertiary alicyclic amines) is 2. The molecular formula is C24H39IN4O3. The maximum Gasteiger partial charge on any atom is 0.309 e. The van der Waals surface area contributed by atoms with Crippen LogP contribution in [0.1, 0.15) is 50.7 Å². The van der Waals surface area contributed by atoms with E-state index in [1.54, 1.807) is 0 Å². The molecule has 0 aliphatic carbocycles. The molecule has 7 nitrogen and oxygen atoms in total. The van der Waals surface area contributed by atoms with E-state index in [1.165, 1.54) is 11.1 Å². The Hall–Kier alpha value is -1.39. The summed E-state index contributed by atoms with van der Waals surface area (Å²) in [5, 5.41) is 13.0. The van der Waals surface area contributed by atoms with Crippen LogP contribution in [-0.4, -0.2) is 72.3 Å². The second-order valence-electron chi connectivity index (χ2n) is 8.51. The topological polar surface area (TPSA) is 77.4 Å². The van der Waals surface area contributed by atoms with Gasteiger partial charge in [0, 0.05) is 39.3 Å². The Bertz CT molecular complexity index is 712. The normalized spacial score (nSPS) is 18.8. The number of aliphatic hydroxyl groups is 1. The van der Waals surface area contributed by atoms with Crippen molar-refractivity contribution >= 4 is 35.9 Å². The standard InChI is InChI=1S/C24H38N4O3.HI/c1-3-25-24(28-15-9-21(10-16-28)23(30)31-4-2)26-17-19-5-7-20(8-6-19)18-27-13-11-22(29)12-14-27;/h5-8,21-22,29H,3-4,9-18H2,1-2H3,(H,25,26);1H. The number of carbonyl (C=O) groups excluding carboxylic acids is 1. The summed E-state index contributed by atoms with van der Waals surface area (Å²) in [6, 6.07) is 8.70. The molecular weight excluding hydrogens is 519 g/mol. The molecule has 0 radical (unpaired) electrons. The fourth-order valence-electron chi connectivity index (χ4n) is 4.26. The van der Waals surface area contributed by atoms with Crippen LogP contribution >= 0.6 is 24.0 Å². The average Bonchev–Trinajstić information content (AvgIpc) is 2.79. The number of guanidine groups is 1. The quantitative estimate of drug-likeness (QED) is 0.232. The molecule has 180 valence electrons. The van der Waals surface area contributed by atoms with E-state index < -0.39 is 0 Å². The highest BCUT2D eigenvalue weighted by Crippen LogP contribution is 2.19. The molecule has 32 heavy (non-hydrogen) atoms. The third kappa shape index (κ3) is 8.19. The molecule has 3 rings (SSSR count). The molecule has 0 unspecified atom stereocenters. The Balaban J connectivity index is 0.00000363. The van der Waals surface area contributed by atoms with Crippen molar-refractivity contribution in [1.29, 1.82) is 0 Å². The average molecular weight is 559 g/mol. The molecule has 0 atom stereocenters. The van der Waals surface area contributed by atoms with Crippen molar-refractivity contribution in [3.8, 4) is 0 Å². The van der Waals surface area contributed by atoms with Crippen LogP contribution in [0.2, 0.25) is 0 Å². The minimum absolute atomic E-state index is 0. The number of nitrogens with one attached hydrogen (secondary N) is 1. The number of halogens is 1. The second kappa shape index (κ2) is 14.0. The maximum absolute atomic E-state index is 12.0. The van der Waals surface area contributed by atoms with Crippen LogP contribution in [0.15, 0.2) is 29.3 Å². The summed E-state index contributed by atoms with van der Waals surface area (Å²) >= 11 is 0. The molecule has 2 fully saturated rings. The zero-order chi connectivity index (χ0) is 22.1. The molecule has 0 aromatic heterocycles. The fourth-order valence-corrected chi connectivity index (χ4v) is 4.26. The first-order chi connectivity index (χ1) is 15.1. The number of hydrogen-bond donors (Lipinski definition) is 2. The minimum Gasteiger partial charge on any atom is -0.466 e. The zero-order valence-electron chi connectivity index (χ0n) is 19.5. The summed E-state index contributed by atoms with van der Waals surface area (Å²) < 4.78 is 5.17. The van der Waals surface area contributed by atoms with Gasteiger partial charge in [0.1, 0.15) is 0 Å². The van der Waals surface area contributed by atoms with E-state index in [2.05, 4.69) is 46.3 Å². The number of nitrogens with zero attached hydrogens (tertiary/aromatic N) is 3. The fraction of sp³-hybridized carbons (Fsp3) is 0.667. The van der Waals surface area contributed by atoms with Gasteiger partial charge in [0.05, 0.1) is 25.2 Å². The molecule has 2 aliphatic rings. The summed E-state index contributed by atoms with van der Waals surface area (Å²) in [5.41, 5.74) is 2.49. The minimum atomic E-state index is -0.127. The summed E-state index contributed by atoms with van der Waals surface area (Å²) in [6.45, 7) is 10.3. The second-order valence-corrected chi connectivity index (χ2v) is 8.51. The van der Waals surface area contributed by atoms with Crippen molar-refractivity contribution in [2.75, 3.05) is 39.3 Å². The van der Waals surface area contributed by atoms with Gasteiger partial charge < -0.3 is 20.1 Å². The Morgan fingerprint density at radius 3 is 2.28 bits per heavy atom. The molecule has 1 aromatic carbocycles. The molecule has 1 aromatic rings. The van der Waals surface area contributed by atoms with Gasteiger partial charge in [-0.25, -0.2) is 4.99 Å². The SMILES string of the molecule is CCNC(=NCc1ccc(CN2CCC(O)CC2)cc1)N1CCC(C(=O)OCC)CC1.I. The van der Waals surface area contributed by atoms with Crippen LogP contribution in [0.3, 0.4) is 0 Å². The maximum atomic E-state index is 12.0. The van der Waals surface area contributed by atoms with E-state index in [4.69, 9.17) is 9.73 Å². The van der Waals surface area contributed by atoms with E-state index in [-0.39, 0.29) is 42.0 Å². The van der Waals surface area contributed by atoms with E-state index in [9.17, 15) is 9.90 Å². The van der Waals surface area contributed by atoms with E-state index in [1.807, 2.05) is 6.92 Å². The van der Waals surface area contributed by atoms with Crippen LogP contribution < -0.4 is 5.32 Å². The summed E-state index contributed by atoms with van der Waals surface area (Å²) in [6.07, 6.45) is 3.24. The Labute approximate surface area is 209 Å². The van der Waals surface area contributed by atoms with Crippen molar-refractivity contribution < 1.29 is 14.6 Å². The number of aliphatic imine (C=N–C) groups is 1. The molecule has 2 N–H and O–H groups in total. The molecule has 0 spiro atoms. The van der Waals surface area contributed by atoms with Gasteiger partial charge in [0.2, 0.25) is 0 Å². The lowest BCUT2D eigenvalue weighted by atomic mass is 9.97. The predicted molar refractivity (Wildman–Crippen MR) is 138 cm³/mol. The largest absolute Gasteiger partial charge is 0.466 e. The van der Waals surface area contributed by atoms with Gasteiger partial charge in [0.25, 0.3) is 0 Å². The van der Waals surface area contributed by atoms with Crippen LogP contribution in [0, 0.1) is 5.92 Å². The summed E-state index contributed by atoms with van der Waals surface area (Å²) in [4.78, 5) is 21.5. The molecule has 2 saturated heterocycles. The molecule has 0 amide bonds. The molecule has 2 aliphatic heterocycles. The zero-order valence-corrected chi connectivity index (χ0v) is 21.8. The van der Waals surface area contributed by atoms with E-state index in [0.29, 0.717) is 13.2 Å². The number of benzene rings is 1. The monoisotopic (exact) mass is 558 g/mol. The van der Waals surface area contributed by atoms with Crippen molar-refractivity contribution in [3.05, 3.63) is 35.4 Å². The Kier molecular flexibility index (Phi) is 11.7. The molecule has 8 heteroatoms. The van der Waals surface area contributed by atoms with Crippen molar-refractivity contribution in [2.24, 2.45) is 10.9 Å². The first-order valence-electron chi connectivity index (χ1n) is 11.8. The van der Waals surface area contributed by atoms with Crippen molar-refractivity contribution in [2.45, 2.75) is 58.7 Å². The third-order valence-corrected chi connectivity index (χ3v) is 6.15. The highest BCUT2D eigenvalue weighted by atomic mass is 127. The van der Waals surface area contributed by atoms with Crippen LogP contribution in [-0.2, 0) is 22.6 Å². The van der Waals surface area contributed by atoms with Gasteiger partial charge in [-0.15, -0.1) is 24.0 Å². The first-order valence-corrected chi connectivity index (χ1v) is 11.8. The number of carbonyl (C=O) groups is 1. The lowest BCUT2D eigenvalue weighted by molar-refractivity contribution is -0.149. The van der Waals surface area contributed by atoms with Gasteiger partial charge in [-0.05, 0) is 50.7 Å². The van der Waals surface area contributed by atoms with Gasteiger partial charge in [0.15, 0.2) is 5.96 Å². The third-order valence-electron chi connectivity index (χ3n) is 6.15. The summed E-state index contributed by atoms with van der Waals surface area (Å²) in [7, 11) is 0. The van der Waals surface area contributed by atoms with E-state index >= 15 is 0 Å². The number of hydrogen-bond acceptors (Lipinski definition) is 5. The van der Waals surface area contributed by atoms with Crippen LogP contribution in [0.4, 0.5) is 0 Å². The van der Waals surface area contributed by atoms with Crippen LogP contribution in [0.25, 0.3) is 0 Å². The summed E-state index contributed by atoms with van der Waals surface area (Å²) in [5.74, 6) is 0.862. The van der Waals surface area contributed by atoms with Gasteiger partial charge in [-0.2, -0.15) is 0 Å². The lowest BCUT2D eigenvalue weighted by Crippen LogP contribution is -2.46. The molecule has 0 bridgehead atoms. The number of aliphatic hydroxyl groups excluding tert-OH is 1.